The summed E-state index contributed by atoms with van der Waals surface area (Å²) in [5.41, 5.74) is 0. The van der Waals surface area contributed by atoms with E-state index in [2.05, 4.69) is 0 Å². The van der Waals surface area contributed by atoms with Gasteiger partial charge >= 0.3 is 5.97 Å². The molecule has 1 saturated heterocycles. The van der Waals surface area contributed by atoms with Crippen molar-refractivity contribution in [3.05, 3.63) is 0 Å². The minimum Gasteiger partial charge on any atom is -0.466 e. The summed E-state index contributed by atoms with van der Waals surface area (Å²) >= 11 is 0. The molecule has 1 N–H and O–H groups in total. The van der Waals surface area contributed by atoms with Crippen molar-refractivity contribution in [2.24, 2.45) is 5.92 Å². The van der Waals surface area contributed by atoms with Crippen molar-refractivity contribution < 1.29 is 19.4 Å². The van der Waals surface area contributed by atoms with Gasteiger partial charge in [-0.3, -0.25) is 4.79 Å². The predicted octanol–water partition coefficient (Wildman–Crippen LogP) is 0.724. The molecule has 1 heterocycles. The fraction of sp³-hybridized carbons (Fsp3) is 0.900. The molecule has 0 radical (unpaired) electrons. The first kappa shape index (κ1) is 11.5. The summed E-state index contributed by atoms with van der Waals surface area (Å²) in [5.74, 6) is -0.0943. The fourth-order valence-electron chi connectivity index (χ4n) is 1.38. The molecule has 14 heavy (non-hydrogen) atoms. The Bertz CT molecular complexity index is 202. The molecule has 0 aromatic rings. The number of ether oxygens (including phenoxy) is 2. The van der Waals surface area contributed by atoms with E-state index in [4.69, 9.17) is 9.47 Å². The van der Waals surface area contributed by atoms with Crippen LogP contribution < -0.4 is 0 Å². The van der Waals surface area contributed by atoms with Crippen LogP contribution >= 0.6 is 0 Å². The summed E-state index contributed by atoms with van der Waals surface area (Å²) in [5, 5.41) is 9.60. The SMILES string of the molecule is CCOC(=O)C[C@H]1O[C@@H]1[C@@H](O)C(C)C. The van der Waals surface area contributed by atoms with Crippen molar-refractivity contribution in [2.75, 3.05) is 6.61 Å². The second-order valence-electron chi connectivity index (χ2n) is 3.88. The molecule has 1 aliphatic heterocycles. The van der Waals surface area contributed by atoms with Gasteiger partial charge in [0.15, 0.2) is 0 Å². The average molecular weight is 202 g/mol. The van der Waals surface area contributed by atoms with E-state index in [1.165, 1.54) is 0 Å². The summed E-state index contributed by atoms with van der Waals surface area (Å²) in [4.78, 5) is 11.0. The van der Waals surface area contributed by atoms with Gasteiger partial charge in [-0.15, -0.1) is 0 Å². The molecule has 82 valence electrons. The molecule has 1 rings (SSSR count). The zero-order valence-electron chi connectivity index (χ0n) is 8.90. The van der Waals surface area contributed by atoms with E-state index in [9.17, 15) is 9.90 Å². The van der Waals surface area contributed by atoms with Crippen molar-refractivity contribution in [3.63, 3.8) is 0 Å². The second-order valence-corrected chi connectivity index (χ2v) is 3.88. The smallest absolute Gasteiger partial charge is 0.308 e. The van der Waals surface area contributed by atoms with E-state index in [1.54, 1.807) is 6.92 Å². The highest BCUT2D eigenvalue weighted by molar-refractivity contribution is 5.70. The molecule has 0 bridgehead atoms. The normalized spacial score (nSPS) is 27.5. The highest BCUT2D eigenvalue weighted by atomic mass is 16.6. The largest absolute Gasteiger partial charge is 0.466 e. The first-order valence-electron chi connectivity index (χ1n) is 5.05. The lowest BCUT2D eigenvalue weighted by atomic mass is 10.0. The summed E-state index contributed by atoms with van der Waals surface area (Å²) in [7, 11) is 0. The number of hydrogen-bond donors (Lipinski definition) is 1. The zero-order chi connectivity index (χ0) is 10.7. The van der Waals surface area contributed by atoms with Gasteiger partial charge in [0, 0.05) is 0 Å². The van der Waals surface area contributed by atoms with Crippen molar-refractivity contribution in [1.82, 2.24) is 0 Å². The van der Waals surface area contributed by atoms with E-state index in [0.29, 0.717) is 6.61 Å². The molecule has 0 spiro atoms. The minimum atomic E-state index is -0.477. The first-order valence-corrected chi connectivity index (χ1v) is 5.05. The van der Waals surface area contributed by atoms with Crippen molar-refractivity contribution in [2.45, 2.75) is 45.5 Å². The Balaban J connectivity index is 2.22. The number of hydrogen-bond acceptors (Lipinski definition) is 4. The Morgan fingerprint density at radius 1 is 1.57 bits per heavy atom. The third-order valence-corrected chi connectivity index (χ3v) is 2.31. The molecule has 0 aromatic carbocycles. The quantitative estimate of drug-likeness (QED) is 0.527. The minimum absolute atomic E-state index is 0.147. The Hall–Kier alpha value is -0.610. The molecule has 0 amide bonds. The lowest BCUT2D eigenvalue weighted by Gasteiger charge is -2.10. The Morgan fingerprint density at radius 2 is 2.21 bits per heavy atom. The molecule has 3 atom stereocenters. The van der Waals surface area contributed by atoms with Gasteiger partial charge in [0.2, 0.25) is 0 Å². The van der Waals surface area contributed by atoms with Crippen LogP contribution in [0.25, 0.3) is 0 Å². The Morgan fingerprint density at radius 3 is 2.71 bits per heavy atom. The standard InChI is InChI=1S/C10H18O4/c1-4-13-8(11)5-7-10(14-7)9(12)6(2)3/h6-7,9-10,12H,4-5H2,1-3H3/t7-,9+,10+/m1/s1. The monoisotopic (exact) mass is 202 g/mol. The van der Waals surface area contributed by atoms with Gasteiger partial charge in [-0.1, -0.05) is 13.8 Å². The van der Waals surface area contributed by atoms with Gasteiger partial charge in [0.1, 0.15) is 6.10 Å². The number of aliphatic hydroxyl groups excluding tert-OH is 1. The number of epoxide rings is 1. The molecular formula is C10H18O4. The average Bonchev–Trinajstić information content (AvgIpc) is 2.82. The zero-order valence-corrected chi connectivity index (χ0v) is 8.90. The number of carbonyl (C=O) groups is 1. The number of carbonyl (C=O) groups excluding carboxylic acids is 1. The van der Waals surface area contributed by atoms with Crippen molar-refractivity contribution >= 4 is 5.97 Å². The van der Waals surface area contributed by atoms with Crippen LogP contribution in [-0.4, -0.2) is 36.0 Å². The van der Waals surface area contributed by atoms with Crippen LogP contribution in [0.2, 0.25) is 0 Å². The van der Waals surface area contributed by atoms with Crippen LogP contribution in [0.3, 0.4) is 0 Å². The summed E-state index contributed by atoms with van der Waals surface area (Å²) in [6.07, 6.45) is -0.553. The highest BCUT2D eigenvalue weighted by Crippen LogP contribution is 2.31. The lowest BCUT2D eigenvalue weighted by Crippen LogP contribution is -2.24. The molecule has 0 aromatic heterocycles. The summed E-state index contributed by atoms with van der Waals surface area (Å²) < 4.78 is 9.99. The predicted molar refractivity (Wildman–Crippen MR) is 50.8 cm³/mol. The molecule has 0 aliphatic carbocycles. The fourth-order valence-corrected chi connectivity index (χ4v) is 1.38. The second kappa shape index (κ2) is 4.75. The van der Waals surface area contributed by atoms with E-state index < -0.39 is 6.10 Å². The molecule has 0 unspecified atom stereocenters. The van der Waals surface area contributed by atoms with Crippen LogP contribution in [0.5, 0.6) is 0 Å². The molecule has 4 heteroatoms. The van der Waals surface area contributed by atoms with Gasteiger partial charge in [-0.25, -0.2) is 0 Å². The number of esters is 1. The van der Waals surface area contributed by atoms with Crippen LogP contribution in [0.1, 0.15) is 27.2 Å². The van der Waals surface area contributed by atoms with E-state index in [1.807, 2.05) is 13.8 Å². The molecular weight excluding hydrogens is 184 g/mol. The maximum absolute atomic E-state index is 11.0. The number of aliphatic hydroxyl groups is 1. The van der Waals surface area contributed by atoms with Crippen molar-refractivity contribution in [1.29, 1.82) is 0 Å². The highest BCUT2D eigenvalue weighted by Gasteiger charge is 2.46. The molecule has 1 aliphatic rings. The lowest BCUT2D eigenvalue weighted by molar-refractivity contribution is -0.143. The van der Waals surface area contributed by atoms with Crippen molar-refractivity contribution in [3.8, 4) is 0 Å². The first-order chi connectivity index (χ1) is 6.56. The van der Waals surface area contributed by atoms with Crippen LogP contribution in [0, 0.1) is 5.92 Å². The maximum atomic E-state index is 11.0. The Kier molecular flexibility index (Phi) is 3.89. The summed E-state index contributed by atoms with van der Waals surface area (Å²) in [6, 6.07) is 0. The van der Waals surface area contributed by atoms with Crippen LogP contribution in [0.4, 0.5) is 0 Å². The van der Waals surface area contributed by atoms with Gasteiger partial charge in [0.05, 0.1) is 25.2 Å². The third kappa shape index (κ3) is 2.96. The van der Waals surface area contributed by atoms with Crippen LogP contribution in [0.15, 0.2) is 0 Å². The van der Waals surface area contributed by atoms with E-state index in [0.717, 1.165) is 0 Å². The van der Waals surface area contributed by atoms with E-state index in [-0.39, 0.29) is 30.5 Å². The van der Waals surface area contributed by atoms with Gasteiger partial charge < -0.3 is 14.6 Å². The van der Waals surface area contributed by atoms with Gasteiger partial charge in [-0.05, 0) is 12.8 Å². The van der Waals surface area contributed by atoms with E-state index >= 15 is 0 Å². The maximum Gasteiger partial charge on any atom is 0.308 e. The molecule has 4 nitrogen and oxygen atoms in total. The van der Waals surface area contributed by atoms with Crippen LogP contribution in [-0.2, 0) is 14.3 Å². The number of rotatable bonds is 5. The molecule has 1 fully saturated rings. The van der Waals surface area contributed by atoms with Gasteiger partial charge in [-0.2, -0.15) is 0 Å². The Labute approximate surface area is 84.2 Å². The summed E-state index contributed by atoms with van der Waals surface area (Å²) in [6.45, 7) is 6.01. The van der Waals surface area contributed by atoms with Gasteiger partial charge in [0.25, 0.3) is 0 Å². The third-order valence-electron chi connectivity index (χ3n) is 2.31. The molecule has 0 saturated carbocycles. The topological polar surface area (TPSA) is 59.1 Å².